The molecule has 0 bridgehead atoms. The van der Waals surface area contributed by atoms with E-state index in [2.05, 4.69) is 22.8 Å². The number of amides is 2. The standard InChI is InChI=1S/C17H18N2O6.C10H18ClN3O2/c1-9-13(16(20)24-3)15(14(10(2)18-9)17(21)25-4)11-7-5-6-8-12(11)19(22)23;1-8-2-4-9(5-3-8)12-10(15)14(13-16)7-6-11/h5-8,15,18H,1-4H3;8-9H,2-7H2,1H3,(H,12,15). The highest BCUT2D eigenvalue weighted by atomic mass is 35.5. The Kier molecular flexibility index (Phi) is 12.7. The van der Waals surface area contributed by atoms with E-state index in [9.17, 15) is 29.4 Å². The van der Waals surface area contributed by atoms with Crippen molar-refractivity contribution in [2.24, 2.45) is 11.2 Å². The summed E-state index contributed by atoms with van der Waals surface area (Å²) in [4.78, 5) is 57.5. The molecule has 0 atom stereocenters. The van der Waals surface area contributed by atoms with E-state index in [4.69, 9.17) is 21.1 Å². The van der Waals surface area contributed by atoms with Gasteiger partial charge in [0.2, 0.25) is 0 Å². The van der Waals surface area contributed by atoms with Crippen molar-refractivity contribution in [3.63, 3.8) is 0 Å². The van der Waals surface area contributed by atoms with Crippen LogP contribution in [-0.4, -0.2) is 60.6 Å². The lowest BCUT2D eigenvalue weighted by Gasteiger charge is -2.29. The monoisotopic (exact) mass is 593 g/mol. The Morgan fingerprint density at radius 1 is 1.07 bits per heavy atom. The molecular weight excluding hydrogens is 558 g/mol. The van der Waals surface area contributed by atoms with Crippen LogP contribution in [0.4, 0.5) is 10.5 Å². The van der Waals surface area contributed by atoms with Gasteiger partial charge in [0.05, 0.1) is 48.0 Å². The molecular formula is C27H36ClN5O8. The van der Waals surface area contributed by atoms with E-state index in [1.807, 2.05) is 0 Å². The largest absolute Gasteiger partial charge is 0.466 e. The number of carbonyl (C=O) groups is 3. The van der Waals surface area contributed by atoms with Crippen molar-refractivity contribution in [1.29, 1.82) is 0 Å². The van der Waals surface area contributed by atoms with Gasteiger partial charge in [-0.15, -0.1) is 16.5 Å². The van der Waals surface area contributed by atoms with E-state index in [-0.39, 0.29) is 40.9 Å². The lowest BCUT2D eigenvalue weighted by atomic mass is 9.79. The molecule has 1 aromatic rings. The molecule has 0 radical (unpaired) electrons. The number of nitrogens with zero attached hydrogens (tertiary/aromatic N) is 3. The Hall–Kier alpha value is -4.00. The van der Waals surface area contributed by atoms with Crippen molar-refractivity contribution in [2.75, 3.05) is 26.6 Å². The van der Waals surface area contributed by atoms with Crippen molar-refractivity contribution >= 4 is 35.3 Å². The molecule has 224 valence electrons. The van der Waals surface area contributed by atoms with Crippen LogP contribution in [0.2, 0.25) is 0 Å². The Bertz CT molecular complexity index is 1170. The fraction of sp³-hybridized carbons (Fsp3) is 0.519. The van der Waals surface area contributed by atoms with Gasteiger partial charge in [0.25, 0.3) is 5.69 Å². The lowest BCUT2D eigenvalue weighted by Crippen LogP contribution is -2.44. The fourth-order valence-electron chi connectivity index (χ4n) is 4.88. The van der Waals surface area contributed by atoms with Crippen molar-refractivity contribution in [3.05, 3.63) is 67.4 Å². The number of nitrogens with one attached hydrogen (secondary N) is 2. The number of nitro benzene ring substituents is 1. The summed E-state index contributed by atoms with van der Waals surface area (Å²) >= 11 is 5.46. The third-order valence-electron chi connectivity index (χ3n) is 6.99. The summed E-state index contributed by atoms with van der Waals surface area (Å²) in [6.07, 6.45) is 4.19. The third kappa shape index (κ3) is 8.49. The van der Waals surface area contributed by atoms with Crippen molar-refractivity contribution in [3.8, 4) is 0 Å². The van der Waals surface area contributed by atoms with Crippen molar-refractivity contribution < 1.29 is 28.8 Å². The minimum Gasteiger partial charge on any atom is -0.466 e. The molecule has 0 aromatic heterocycles. The number of nitroso groups, excluding NO2 is 1. The second-order valence-electron chi connectivity index (χ2n) is 9.73. The minimum atomic E-state index is -0.970. The second kappa shape index (κ2) is 15.7. The Morgan fingerprint density at radius 3 is 2.07 bits per heavy atom. The van der Waals surface area contributed by atoms with Crippen molar-refractivity contribution in [2.45, 2.75) is 58.4 Å². The predicted molar refractivity (Wildman–Crippen MR) is 152 cm³/mol. The first-order chi connectivity index (χ1) is 19.5. The number of allylic oxidation sites excluding steroid dienone is 2. The normalized spacial score (nSPS) is 18.8. The number of urea groups is 1. The van der Waals surface area contributed by atoms with Crippen molar-refractivity contribution in [1.82, 2.24) is 15.6 Å². The number of benzene rings is 1. The topological polar surface area (TPSA) is 170 Å². The van der Waals surface area contributed by atoms with Crippen LogP contribution in [0, 0.1) is 20.9 Å². The van der Waals surface area contributed by atoms with Gasteiger partial charge < -0.3 is 20.1 Å². The second-order valence-corrected chi connectivity index (χ2v) is 10.1. The number of methoxy groups -OCH3 is 2. The van der Waals surface area contributed by atoms with Gasteiger partial charge in [0.1, 0.15) is 0 Å². The average molecular weight is 594 g/mol. The summed E-state index contributed by atoms with van der Waals surface area (Å²) in [5.74, 6) is -1.39. The quantitative estimate of drug-likeness (QED) is 0.143. The van der Waals surface area contributed by atoms with Gasteiger partial charge >= 0.3 is 18.0 Å². The number of para-hydroxylation sites is 1. The summed E-state index contributed by atoms with van der Waals surface area (Å²) in [6.45, 7) is 5.65. The molecule has 41 heavy (non-hydrogen) atoms. The van der Waals surface area contributed by atoms with E-state index >= 15 is 0 Å². The number of alkyl halides is 1. The maximum Gasteiger partial charge on any atom is 0.340 e. The molecule has 0 saturated heterocycles. The maximum absolute atomic E-state index is 12.3. The van der Waals surface area contributed by atoms with Crippen LogP contribution in [-0.2, 0) is 19.1 Å². The molecule has 0 spiro atoms. The number of hydrogen-bond acceptors (Lipinski definition) is 10. The third-order valence-corrected chi connectivity index (χ3v) is 7.16. The van der Waals surface area contributed by atoms with Gasteiger partial charge in [0, 0.05) is 34.9 Å². The van der Waals surface area contributed by atoms with Crippen LogP contribution in [0.1, 0.15) is 57.9 Å². The highest BCUT2D eigenvalue weighted by Crippen LogP contribution is 2.42. The lowest BCUT2D eigenvalue weighted by molar-refractivity contribution is -0.385. The van der Waals surface area contributed by atoms with Crippen LogP contribution in [0.3, 0.4) is 0 Å². The van der Waals surface area contributed by atoms with Gasteiger partial charge in [-0.1, -0.05) is 25.1 Å². The Balaban J connectivity index is 0.000000317. The molecule has 3 rings (SSSR count). The van der Waals surface area contributed by atoms with Gasteiger partial charge in [-0.2, -0.15) is 5.01 Å². The van der Waals surface area contributed by atoms with Gasteiger partial charge in [0.15, 0.2) is 0 Å². The molecule has 2 amide bonds. The number of ether oxygens (including phenoxy) is 2. The molecule has 13 nitrogen and oxygen atoms in total. The van der Waals surface area contributed by atoms with Gasteiger partial charge in [-0.25, -0.2) is 14.4 Å². The summed E-state index contributed by atoms with van der Waals surface area (Å²) in [6, 6.07) is 5.70. The molecule has 1 heterocycles. The number of rotatable bonds is 8. The van der Waals surface area contributed by atoms with E-state index in [0.29, 0.717) is 11.4 Å². The van der Waals surface area contributed by atoms with Crippen LogP contribution in [0.25, 0.3) is 0 Å². The summed E-state index contributed by atoms with van der Waals surface area (Å²) < 4.78 is 9.66. The molecule has 14 heteroatoms. The molecule has 2 aliphatic rings. The Morgan fingerprint density at radius 2 is 1.61 bits per heavy atom. The highest BCUT2D eigenvalue weighted by Gasteiger charge is 2.40. The predicted octanol–water partition coefficient (Wildman–Crippen LogP) is 4.67. The number of dihydropyridines is 1. The first-order valence-corrected chi connectivity index (χ1v) is 13.6. The fourth-order valence-corrected chi connectivity index (χ4v) is 5.04. The number of esters is 2. The molecule has 0 unspecified atom stereocenters. The van der Waals surface area contributed by atoms with Gasteiger partial charge in [-0.05, 0) is 45.4 Å². The first kappa shape index (κ1) is 33.2. The number of nitro groups is 1. The van der Waals surface area contributed by atoms with Crippen LogP contribution in [0.5, 0.6) is 0 Å². The molecule has 1 aliphatic heterocycles. The Labute approximate surface area is 243 Å². The number of carbonyl (C=O) groups excluding carboxylic acids is 3. The summed E-state index contributed by atoms with van der Waals surface area (Å²) in [5, 5.41) is 20.7. The van der Waals surface area contributed by atoms with E-state index in [0.717, 1.165) is 36.6 Å². The number of hydrogen-bond donors (Lipinski definition) is 2. The minimum absolute atomic E-state index is 0.128. The summed E-state index contributed by atoms with van der Waals surface area (Å²) in [5.41, 5.74) is 1.19. The van der Waals surface area contributed by atoms with Crippen LogP contribution in [0.15, 0.2) is 52.1 Å². The van der Waals surface area contributed by atoms with Gasteiger partial charge in [-0.3, -0.25) is 10.1 Å². The smallest absolute Gasteiger partial charge is 0.340 e. The molecule has 1 aromatic carbocycles. The zero-order valence-corrected chi connectivity index (χ0v) is 24.5. The molecule has 1 fully saturated rings. The molecule has 1 saturated carbocycles. The van der Waals surface area contributed by atoms with E-state index in [1.165, 1.54) is 32.4 Å². The molecule has 1 aliphatic carbocycles. The van der Waals surface area contributed by atoms with Crippen LogP contribution < -0.4 is 10.6 Å². The summed E-state index contributed by atoms with van der Waals surface area (Å²) in [7, 11) is 2.42. The number of halogens is 1. The maximum atomic E-state index is 12.3. The van der Waals surface area contributed by atoms with E-state index in [1.54, 1.807) is 19.9 Å². The zero-order chi connectivity index (χ0) is 30.7. The average Bonchev–Trinajstić information content (AvgIpc) is 2.96. The van der Waals surface area contributed by atoms with E-state index < -0.39 is 28.8 Å². The van der Waals surface area contributed by atoms with Crippen LogP contribution >= 0.6 is 11.6 Å². The first-order valence-electron chi connectivity index (χ1n) is 13.1. The highest BCUT2D eigenvalue weighted by molar-refractivity contribution is 6.18. The zero-order valence-electron chi connectivity index (χ0n) is 23.8. The SMILES string of the molecule is CC1CCC(NC(=O)N(CCCl)N=O)CC1.COC(=O)C1=C(C)NC(C)=C(C(=O)OC)C1c1ccccc1[N+](=O)[O-]. The molecule has 2 N–H and O–H groups in total.